The van der Waals surface area contributed by atoms with Crippen molar-refractivity contribution < 1.29 is 12.6 Å². The molecule has 0 aromatic carbocycles. The number of hydrogen-bond donors (Lipinski definition) is 2. The van der Waals surface area contributed by atoms with Crippen molar-refractivity contribution in [3.8, 4) is 0 Å². The maximum absolute atomic E-state index is 12.1. The van der Waals surface area contributed by atoms with Crippen LogP contribution in [0, 0.1) is 0 Å². The van der Waals surface area contributed by atoms with Gasteiger partial charge >= 0.3 is 0 Å². The van der Waals surface area contributed by atoms with Gasteiger partial charge in [-0.15, -0.1) is 0 Å². The summed E-state index contributed by atoms with van der Waals surface area (Å²) in [7, 11) is -2.17. The van der Waals surface area contributed by atoms with Crippen molar-refractivity contribution in [3.63, 3.8) is 0 Å². The molecule has 0 radical (unpaired) electrons. The standard InChI is InChI=1S/C16H32N4O3S2/c1-4-24(21)15-9-5-7-13(11-15)19-16(17-2)18-12-14-8-6-10-20(14)25(3,22)23/h13-15H,4-12H2,1-3H3,(H2,17,18,19)/t13?,14-,15?,24?/m1/s1. The number of nitrogens with zero attached hydrogens (tertiary/aromatic N) is 2. The lowest BCUT2D eigenvalue weighted by Gasteiger charge is -2.30. The topological polar surface area (TPSA) is 90.9 Å². The summed E-state index contributed by atoms with van der Waals surface area (Å²) >= 11 is 0. The maximum Gasteiger partial charge on any atom is 0.211 e. The van der Waals surface area contributed by atoms with E-state index in [0.717, 1.165) is 38.5 Å². The summed E-state index contributed by atoms with van der Waals surface area (Å²) in [6, 6.07) is 0.260. The summed E-state index contributed by atoms with van der Waals surface area (Å²) in [5.74, 6) is 1.42. The molecule has 0 amide bonds. The molecular formula is C16H32N4O3S2. The molecule has 2 fully saturated rings. The number of hydrogen-bond acceptors (Lipinski definition) is 4. The van der Waals surface area contributed by atoms with Crippen LogP contribution < -0.4 is 10.6 Å². The van der Waals surface area contributed by atoms with Gasteiger partial charge in [-0.25, -0.2) is 8.42 Å². The van der Waals surface area contributed by atoms with E-state index in [1.165, 1.54) is 6.26 Å². The fraction of sp³-hybridized carbons (Fsp3) is 0.938. The molecule has 1 aliphatic carbocycles. The Morgan fingerprint density at radius 3 is 2.68 bits per heavy atom. The van der Waals surface area contributed by atoms with Crippen LogP contribution in [0.15, 0.2) is 4.99 Å². The molecule has 1 heterocycles. The Balaban J connectivity index is 1.85. The van der Waals surface area contributed by atoms with Gasteiger partial charge in [0.2, 0.25) is 10.0 Å². The van der Waals surface area contributed by atoms with Gasteiger partial charge in [0.15, 0.2) is 5.96 Å². The molecule has 0 bridgehead atoms. The molecule has 2 rings (SSSR count). The highest BCUT2D eigenvalue weighted by Gasteiger charge is 2.31. The highest BCUT2D eigenvalue weighted by Crippen LogP contribution is 2.23. The lowest BCUT2D eigenvalue weighted by molar-refractivity contribution is 0.382. The molecule has 1 saturated carbocycles. The second-order valence-corrected chi connectivity index (χ2v) is 10.9. The average Bonchev–Trinajstić information content (AvgIpc) is 3.07. The van der Waals surface area contributed by atoms with Crippen LogP contribution in [0.5, 0.6) is 0 Å². The quantitative estimate of drug-likeness (QED) is 0.512. The summed E-state index contributed by atoms with van der Waals surface area (Å²) in [6.45, 7) is 3.14. The first-order valence-corrected chi connectivity index (χ1v) is 12.4. The van der Waals surface area contributed by atoms with Gasteiger partial charge in [-0.05, 0) is 32.1 Å². The molecule has 25 heavy (non-hydrogen) atoms. The van der Waals surface area contributed by atoms with E-state index in [-0.39, 0.29) is 17.3 Å². The Morgan fingerprint density at radius 1 is 1.28 bits per heavy atom. The zero-order valence-corrected chi connectivity index (χ0v) is 17.2. The number of aliphatic imine (C=N–C) groups is 1. The smallest absolute Gasteiger partial charge is 0.211 e. The van der Waals surface area contributed by atoms with Crippen LogP contribution in [0.4, 0.5) is 0 Å². The molecule has 7 nitrogen and oxygen atoms in total. The van der Waals surface area contributed by atoms with Crippen LogP contribution in [0.3, 0.4) is 0 Å². The SMILES string of the molecule is CCS(=O)C1CCCC(NC(=NC)NC[C@H]2CCCN2S(C)(=O)=O)C1. The molecule has 2 aliphatic rings. The molecule has 1 aliphatic heterocycles. The molecule has 3 unspecified atom stereocenters. The molecule has 9 heteroatoms. The normalized spacial score (nSPS) is 30.2. The van der Waals surface area contributed by atoms with Gasteiger partial charge in [-0.3, -0.25) is 9.20 Å². The van der Waals surface area contributed by atoms with Gasteiger partial charge in [0.25, 0.3) is 0 Å². The maximum atomic E-state index is 12.1. The Bertz CT molecular complexity index is 594. The van der Waals surface area contributed by atoms with E-state index < -0.39 is 20.8 Å². The Morgan fingerprint density at radius 2 is 2.04 bits per heavy atom. The second-order valence-electron chi connectivity index (χ2n) is 6.92. The van der Waals surface area contributed by atoms with E-state index in [2.05, 4.69) is 15.6 Å². The summed E-state index contributed by atoms with van der Waals surface area (Å²) in [6.07, 6.45) is 7.12. The minimum absolute atomic E-state index is 0.0137. The van der Waals surface area contributed by atoms with Crippen molar-refractivity contribution >= 4 is 26.8 Å². The lowest BCUT2D eigenvalue weighted by Crippen LogP contribution is -2.50. The first-order valence-electron chi connectivity index (χ1n) is 9.16. The average molecular weight is 393 g/mol. The predicted molar refractivity (Wildman–Crippen MR) is 104 cm³/mol. The molecular weight excluding hydrogens is 360 g/mol. The Kier molecular flexibility index (Phi) is 7.69. The van der Waals surface area contributed by atoms with Crippen LogP contribution in [0.2, 0.25) is 0 Å². The van der Waals surface area contributed by atoms with Crippen molar-refractivity contribution in [1.82, 2.24) is 14.9 Å². The lowest BCUT2D eigenvalue weighted by atomic mass is 9.95. The first kappa shape index (κ1) is 20.6. The zero-order chi connectivity index (χ0) is 18.4. The van der Waals surface area contributed by atoms with Gasteiger partial charge in [0.1, 0.15) is 0 Å². The van der Waals surface area contributed by atoms with E-state index in [4.69, 9.17) is 0 Å². The molecule has 1 saturated heterocycles. The van der Waals surface area contributed by atoms with E-state index in [1.54, 1.807) is 11.4 Å². The third-order valence-electron chi connectivity index (χ3n) is 5.10. The molecule has 0 spiro atoms. The van der Waals surface area contributed by atoms with E-state index in [1.807, 2.05) is 6.92 Å². The predicted octanol–water partition coefficient (Wildman–Crippen LogP) is 0.655. The molecule has 0 aromatic heterocycles. The van der Waals surface area contributed by atoms with Crippen molar-refractivity contribution in [2.24, 2.45) is 4.99 Å². The number of guanidine groups is 1. The Labute approximate surface area is 154 Å². The zero-order valence-electron chi connectivity index (χ0n) is 15.5. The molecule has 4 atom stereocenters. The molecule has 2 N–H and O–H groups in total. The van der Waals surface area contributed by atoms with Gasteiger partial charge in [-0.2, -0.15) is 4.31 Å². The largest absolute Gasteiger partial charge is 0.355 e. The van der Waals surface area contributed by atoms with Crippen LogP contribution >= 0.6 is 0 Å². The first-order chi connectivity index (χ1) is 11.8. The summed E-state index contributed by atoms with van der Waals surface area (Å²) in [5.41, 5.74) is 0. The van der Waals surface area contributed by atoms with Crippen molar-refractivity contribution in [1.29, 1.82) is 0 Å². The summed E-state index contributed by atoms with van der Waals surface area (Å²) < 4.78 is 37.3. The highest BCUT2D eigenvalue weighted by atomic mass is 32.2. The highest BCUT2D eigenvalue weighted by molar-refractivity contribution is 7.88. The van der Waals surface area contributed by atoms with Crippen LogP contribution in [0.1, 0.15) is 45.4 Å². The molecule has 146 valence electrons. The number of rotatable bonds is 6. The Hall–Kier alpha value is -0.670. The van der Waals surface area contributed by atoms with Crippen molar-refractivity contribution in [2.45, 2.75) is 62.8 Å². The van der Waals surface area contributed by atoms with Crippen molar-refractivity contribution in [2.75, 3.05) is 32.1 Å². The van der Waals surface area contributed by atoms with Gasteiger partial charge < -0.3 is 10.6 Å². The van der Waals surface area contributed by atoms with Crippen LogP contribution in [-0.2, 0) is 20.8 Å². The number of nitrogens with one attached hydrogen (secondary N) is 2. The van der Waals surface area contributed by atoms with E-state index in [9.17, 15) is 12.6 Å². The number of sulfonamides is 1. The second kappa shape index (κ2) is 9.32. The van der Waals surface area contributed by atoms with E-state index in [0.29, 0.717) is 24.8 Å². The van der Waals surface area contributed by atoms with Crippen LogP contribution in [-0.4, -0.2) is 72.4 Å². The van der Waals surface area contributed by atoms with Gasteiger partial charge in [-0.1, -0.05) is 13.3 Å². The monoisotopic (exact) mass is 392 g/mol. The fourth-order valence-corrected chi connectivity index (χ4v) is 6.33. The van der Waals surface area contributed by atoms with Gasteiger partial charge in [0.05, 0.1) is 6.26 Å². The van der Waals surface area contributed by atoms with Gasteiger partial charge in [0, 0.05) is 54.0 Å². The third kappa shape index (κ3) is 5.92. The molecule has 0 aromatic rings. The summed E-state index contributed by atoms with van der Waals surface area (Å²) in [5, 5.41) is 6.97. The fourth-order valence-electron chi connectivity index (χ4n) is 3.80. The minimum Gasteiger partial charge on any atom is -0.355 e. The summed E-state index contributed by atoms with van der Waals surface area (Å²) in [4.78, 5) is 4.27. The van der Waals surface area contributed by atoms with Crippen LogP contribution in [0.25, 0.3) is 0 Å². The third-order valence-corrected chi connectivity index (χ3v) is 8.17. The van der Waals surface area contributed by atoms with E-state index >= 15 is 0 Å². The van der Waals surface area contributed by atoms with Crippen molar-refractivity contribution in [3.05, 3.63) is 0 Å². The minimum atomic E-state index is -3.15.